The van der Waals surface area contributed by atoms with Crippen molar-refractivity contribution in [2.75, 3.05) is 16.0 Å². The van der Waals surface area contributed by atoms with E-state index in [1.807, 2.05) is 43.3 Å². The Balaban J connectivity index is 2.00. The molecule has 1 heterocycles. The number of para-hydroxylation sites is 2. The van der Waals surface area contributed by atoms with Gasteiger partial charge in [0.1, 0.15) is 16.7 Å². The van der Waals surface area contributed by atoms with Gasteiger partial charge in [-0.15, -0.1) is 0 Å². The van der Waals surface area contributed by atoms with E-state index in [-0.39, 0.29) is 17.2 Å². The maximum Gasteiger partial charge on any atom is 0.269 e. The molecule has 1 N–H and O–H groups in total. The molecule has 2 aromatic rings. The summed E-state index contributed by atoms with van der Waals surface area (Å²) in [6, 6.07) is 18.3. The lowest BCUT2D eigenvalue weighted by Crippen LogP contribution is -2.27. The second kappa shape index (κ2) is 7.24. The molecule has 0 aliphatic carbocycles. The van der Waals surface area contributed by atoms with Crippen molar-refractivity contribution in [1.29, 1.82) is 5.26 Å². The summed E-state index contributed by atoms with van der Waals surface area (Å²) in [5.41, 5.74) is 2.12. The van der Waals surface area contributed by atoms with Crippen LogP contribution in [0.2, 0.25) is 0 Å². The number of nitrogens with zero attached hydrogens (tertiary/aromatic N) is 2. The van der Waals surface area contributed by atoms with Crippen LogP contribution in [0.15, 0.2) is 65.2 Å². The van der Waals surface area contributed by atoms with Crippen molar-refractivity contribution in [3.05, 3.63) is 70.8 Å². The number of carbonyl (C=O) groups is 2. The van der Waals surface area contributed by atoms with Crippen LogP contribution in [0.1, 0.15) is 5.56 Å². The van der Waals surface area contributed by atoms with Crippen LogP contribution in [-0.4, -0.2) is 17.6 Å². The molecule has 6 heteroatoms. The molecule has 0 radical (unpaired) electrons. The molecule has 1 aliphatic heterocycles. The summed E-state index contributed by atoms with van der Waals surface area (Å²) < 4.78 is 0. The number of carbonyl (C=O) groups excluding carboxylic acids is 2. The van der Waals surface area contributed by atoms with Gasteiger partial charge in [-0.25, -0.2) is 0 Å². The average molecular weight is 349 g/mol. The van der Waals surface area contributed by atoms with Gasteiger partial charge in [0.25, 0.3) is 5.91 Å². The Morgan fingerprint density at radius 3 is 2.52 bits per heavy atom. The lowest BCUT2D eigenvalue weighted by Gasteiger charge is -2.20. The fourth-order valence-electron chi connectivity index (χ4n) is 2.53. The van der Waals surface area contributed by atoms with E-state index in [0.717, 1.165) is 5.56 Å². The van der Waals surface area contributed by atoms with Crippen LogP contribution in [0, 0.1) is 18.3 Å². The maximum absolute atomic E-state index is 12.6. The summed E-state index contributed by atoms with van der Waals surface area (Å²) in [5, 5.41) is 12.6. The zero-order valence-electron chi connectivity index (χ0n) is 13.5. The molecule has 0 aromatic heterocycles. The number of benzene rings is 2. The number of thioether (sulfide) groups is 1. The Morgan fingerprint density at radius 1 is 1.16 bits per heavy atom. The van der Waals surface area contributed by atoms with Crippen molar-refractivity contribution < 1.29 is 9.59 Å². The Hall–Kier alpha value is -3.04. The van der Waals surface area contributed by atoms with E-state index < -0.39 is 5.91 Å². The second-order valence-electron chi connectivity index (χ2n) is 5.42. The predicted octanol–water partition coefficient (Wildman–Crippen LogP) is 3.45. The highest BCUT2D eigenvalue weighted by molar-refractivity contribution is 8.04. The lowest BCUT2D eigenvalue weighted by atomic mass is 10.1. The van der Waals surface area contributed by atoms with E-state index in [9.17, 15) is 14.9 Å². The lowest BCUT2D eigenvalue weighted by molar-refractivity contribution is -0.115. The van der Waals surface area contributed by atoms with Crippen LogP contribution in [0.4, 0.5) is 11.4 Å². The van der Waals surface area contributed by atoms with Crippen LogP contribution in [-0.2, 0) is 9.59 Å². The van der Waals surface area contributed by atoms with Gasteiger partial charge in [-0.05, 0) is 30.7 Å². The molecule has 124 valence electrons. The summed E-state index contributed by atoms with van der Waals surface area (Å²) in [7, 11) is 0. The van der Waals surface area contributed by atoms with E-state index in [4.69, 9.17) is 0 Å². The van der Waals surface area contributed by atoms with Crippen LogP contribution < -0.4 is 10.2 Å². The highest BCUT2D eigenvalue weighted by Gasteiger charge is 2.33. The molecule has 0 unspecified atom stereocenters. The minimum atomic E-state index is -0.524. The molecule has 2 aromatic carbocycles. The average Bonchev–Trinajstić information content (AvgIpc) is 2.98. The standard InChI is InChI=1S/C19H15N3O2S/c1-13-7-5-6-10-16(13)22-17(23)12-25-19(22)15(11-20)18(24)21-14-8-3-2-4-9-14/h2-10H,12H2,1H3,(H,21,24). The van der Waals surface area contributed by atoms with E-state index in [1.165, 1.54) is 16.7 Å². The molecule has 25 heavy (non-hydrogen) atoms. The number of aryl methyl sites for hydroxylation is 1. The minimum absolute atomic E-state index is 0.0667. The first-order valence-electron chi connectivity index (χ1n) is 7.64. The van der Waals surface area contributed by atoms with E-state index in [0.29, 0.717) is 16.4 Å². The Morgan fingerprint density at radius 2 is 1.84 bits per heavy atom. The molecule has 0 bridgehead atoms. The normalized spacial score (nSPS) is 15.7. The van der Waals surface area contributed by atoms with E-state index in [1.54, 1.807) is 24.3 Å². The van der Waals surface area contributed by atoms with Crippen molar-refractivity contribution in [3.8, 4) is 6.07 Å². The van der Waals surface area contributed by atoms with Gasteiger partial charge in [-0.1, -0.05) is 48.2 Å². The second-order valence-corrected chi connectivity index (χ2v) is 6.38. The van der Waals surface area contributed by atoms with Gasteiger partial charge in [-0.2, -0.15) is 5.26 Å². The third-order valence-corrected chi connectivity index (χ3v) is 4.78. The largest absolute Gasteiger partial charge is 0.321 e. The minimum Gasteiger partial charge on any atom is -0.321 e. The fourth-order valence-corrected chi connectivity index (χ4v) is 3.53. The molecule has 1 saturated heterocycles. The molecule has 1 aliphatic rings. The SMILES string of the molecule is Cc1ccccc1N1C(=O)CSC1=C(C#N)C(=O)Nc1ccccc1. The van der Waals surface area contributed by atoms with Crippen LogP contribution in [0.5, 0.6) is 0 Å². The van der Waals surface area contributed by atoms with Crippen molar-refractivity contribution in [1.82, 2.24) is 0 Å². The number of anilines is 2. The number of nitriles is 1. The monoisotopic (exact) mass is 349 g/mol. The Bertz CT molecular complexity index is 900. The van der Waals surface area contributed by atoms with Gasteiger partial charge in [0.05, 0.1) is 11.4 Å². The number of hydrogen-bond donors (Lipinski definition) is 1. The maximum atomic E-state index is 12.6. The molecule has 3 rings (SSSR count). The predicted molar refractivity (Wildman–Crippen MR) is 98.8 cm³/mol. The summed E-state index contributed by atoms with van der Waals surface area (Å²) >= 11 is 1.21. The number of hydrogen-bond acceptors (Lipinski definition) is 4. The van der Waals surface area contributed by atoms with E-state index in [2.05, 4.69) is 5.32 Å². The number of rotatable bonds is 3. The first kappa shape index (κ1) is 16.8. The van der Waals surface area contributed by atoms with Gasteiger partial charge >= 0.3 is 0 Å². The summed E-state index contributed by atoms with van der Waals surface area (Å²) in [6.45, 7) is 1.89. The zero-order chi connectivity index (χ0) is 17.8. The summed E-state index contributed by atoms with van der Waals surface area (Å²) in [4.78, 5) is 26.4. The van der Waals surface area contributed by atoms with Gasteiger partial charge < -0.3 is 5.32 Å². The topological polar surface area (TPSA) is 73.2 Å². The van der Waals surface area contributed by atoms with Crippen LogP contribution >= 0.6 is 11.8 Å². The van der Waals surface area contributed by atoms with Crippen LogP contribution in [0.25, 0.3) is 0 Å². The molecule has 1 fully saturated rings. The Kier molecular flexibility index (Phi) is 4.87. The molecule has 0 atom stereocenters. The fraction of sp³-hybridized carbons (Fsp3) is 0.105. The quantitative estimate of drug-likeness (QED) is 0.680. The van der Waals surface area contributed by atoms with Gasteiger partial charge in [-0.3, -0.25) is 14.5 Å². The molecular formula is C19H15N3O2S. The molecule has 0 spiro atoms. The third kappa shape index (κ3) is 3.42. The van der Waals surface area contributed by atoms with Crippen molar-refractivity contribution in [3.63, 3.8) is 0 Å². The third-order valence-electron chi connectivity index (χ3n) is 3.73. The van der Waals surface area contributed by atoms with E-state index >= 15 is 0 Å². The highest BCUT2D eigenvalue weighted by atomic mass is 32.2. The molecular weight excluding hydrogens is 334 g/mol. The van der Waals surface area contributed by atoms with Gasteiger partial charge in [0.2, 0.25) is 5.91 Å². The summed E-state index contributed by atoms with van der Waals surface area (Å²) in [5.74, 6) is -0.466. The first-order valence-corrected chi connectivity index (χ1v) is 8.62. The summed E-state index contributed by atoms with van der Waals surface area (Å²) in [6.07, 6.45) is 0. The first-order chi connectivity index (χ1) is 12.1. The zero-order valence-corrected chi connectivity index (χ0v) is 14.3. The van der Waals surface area contributed by atoms with Crippen molar-refractivity contribution >= 4 is 35.0 Å². The highest BCUT2D eigenvalue weighted by Crippen LogP contribution is 2.37. The number of nitrogens with one attached hydrogen (secondary N) is 1. The van der Waals surface area contributed by atoms with Gasteiger partial charge in [0, 0.05) is 5.69 Å². The Labute approximate surface area is 149 Å². The van der Waals surface area contributed by atoms with Gasteiger partial charge in [0.15, 0.2) is 0 Å². The smallest absolute Gasteiger partial charge is 0.269 e. The molecule has 5 nitrogen and oxygen atoms in total. The van der Waals surface area contributed by atoms with Crippen LogP contribution in [0.3, 0.4) is 0 Å². The number of amides is 2. The van der Waals surface area contributed by atoms with Crippen molar-refractivity contribution in [2.45, 2.75) is 6.92 Å². The molecule has 0 saturated carbocycles. The molecule has 2 amide bonds. The van der Waals surface area contributed by atoms with Crippen molar-refractivity contribution in [2.24, 2.45) is 0 Å².